The van der Waals surface area contributed by atoms with Crippen LogP contribution in [0.4, 0.5) is 19.0 Å². The molecule has 2 N–H and O–H groups in total. The van der Waals surface area contributed by atoms with Crippen LogP contribution in [0.2, 0.25) is 0 Å². The summed E-state index contributed by atoms with van der Waals surface area (Å²) in [6.45, 7) is 2.38. The van der Waals surface area contributed by atoms with Crippen molar-refractivity contribution in [3.63, 3.8) is 0 Å². The maximum absolute atomic E-state index is 13.1. The highest BCUT2D eigenvalue weighted by atomic mass is 19.4. The van der Waals surface area contributed by atoms with E-state index in [1.807, 2.05) is 0 Å². The Balaban J connectivity index is 1.27. The highest BCUT2D eigenvalue weighted by molar-refractivity contribution is 5.77. The summed E-state index contributed by atoms with van der Waals surface area (Å²) in [6, 6.07) is 6.06. The normalized spacial score (nSPS) is 18.9. The molecule has 2 aliphatic heterocycles. The van der Waals surface area contributed by atoms with Gasteiger partial charge in [-0.3, -0.25) is 9.69 Å². The van der Waals surface area contributed by atoms with Crippen molar-refractivity contribution in [2.75, 3.05) is 38.7 Å². The van der Waals surface area contributed by atoms with E-state index in [1.165, 1.54) is 18.7 Å². The van der Waals surface area contributed by atoms with E-state index in [1.54, 1.807) is 4.90 Å². The first kappa shape index (κ1) is 26.2. The number of pyridine rings is 1. The van der Waals surface area contributed by atoms with Crippen LogP contribution in [-0.4, -0.2) is 60.4 Å². The number of nitrogens with zero attached hydrogens (tertiary/aromatic N) is 2. The number of carboxylic acids is 1. The first-order valence-corrected chi connectivity index (χ1v) is 12.3. The van der Waals surface area contributed by atoms with E-state index in [0.717, 1.165) is 62.3 Å². The van der Waals surface area contributed by atoms with Gasteiger partial charge in [-0.2, -0.15) is 13.2 Å². The predicted octanol–water partition coefficient (Wildman–Crippen LogP) is 4.71. The number of carboxylic acid groups (broad SMARTS) is 1. The molecule has 0 bridgehead atoms. The Hall–Kier alpha value is -2.85. The molecule has 1 aromatic carbocycles. The standard InChI is InChI=1S/C26H32F3N3O4/c1-35-22-15-18(26(27,28)29)8-10-21(22)23(25(33)34)32-13-11-20(16-32)36-14-3-2-6-19-9-7-17-5-4-12-30-24(17)31-19/h7-10,15,20,23H,2-6,11-14,16H2,1H3,(H,30,31)(H,33,34)/t20-,23-/m1/s1. The van der Waals surface area contributed by atoms with Crippen molar-refractivity contribution in [1.82, 2.24) is 9.88 Å². The molecule has 0 aliphatic carbocycles. The van der Waals surface area contributed by atoms with Crippen molar-refractivity contribution in [3.05, 3.63) is 52.7 Å². The molecule has 0 radical (unpaired) electrons. The zero-order valence-corrected chi connectivity index (χ0v) is 20.3. The minimum absolute atomic E-state index is 0.0902. The lowest BCUT2D eigenvalue weighted by Crippen LogP contribution is -2.33. The summed E-state index contributed by atoms with van der Waals surface area (Å²) < 4.78 is 50.4. The largest absolute Gasteiger partial charge is 0.496 e. The number of ether oxygens (including phenoxy) is 2. The average Bonchev–Trinajstić information content (AvgIpc) is 3.31. The van der Waals surface area contributed by atoms with E-state index < -0.39 is 23.8 Å². The summed E-state index contributed by atoms with van der Waals surface area (Å²) in [4.78, 5) is 18.5. The fraction of sp³-hybridized carbons (Fsp3) is 0.538. The zero-order valence-electron chi connectivity index (χ0n) is 20.3. The van der Waals surface area contributed by atoms with Gasteiger partial charge in [0, 0.05) is 37.5 Å². The maximum Gasteiger partial charge on any atom is 0.416 e. The van der Waals surface area contributed by atoms with Gasteiger partial charge in [-0.05, 0) is 62.3 Å². The van der Waals surface area contributed by atoms with Gasteiger partial charge in [0.2, 0.25) is 0 Å². The smallest absolute Gasteiger partial charge is 0.416 e. The summed E-state index contributed by atoms with van der Waals surface area (Å²) in [5, 5.41) is 13.2. The molecule has 1 aromatic heterocycles. The van der Waals surface area contributed by atoms with Gasteiger partial charge < -0.3 is 19.9 Å². The van der Waals surface area contributed by atoms with Crippen molar-refractivity contribution >= 4 is 11.8 Å². The Kier molecular flexibility index (Phi) is 8.35. The van der Waals surface area contributed by atoms with Crippen LogP contribution in [0, 0.1) is 0 Å². The number of hydrogen-bond donors (Lipinski definition) is 2. The summed E-state index contributed by atoms with van der Waals surface area (Å²) in [5.41, 5.74) is 1.65. The number of hydrogen-bond acceptors (Lipinski definition) is 6. The highest BCUT2D eigenvalue weighted by Crippen LogP contribution is 2.37. The second-order valence-electron chi connectivity index (χ2n) is 9.27. The van der Waals surface area contributed by atoms with E-state index >= 15 is 0 Å². The van der Waals surface area contributed by atoms with Crippen molar-refractivity contribution in [2.24, 2.45) is 0 Å². The number of alkyl halides is 3. The third-order valence-corrected chi connectivity index (χ3v) is 6.76. The van der Waals surface area contributed by atoms with Gasteiger partial charge >= 0.3 is 12.1 Å². The third-order valence-electron chi connectivity index (χ3n) is 6.76. The van der Waals surface area contributed by atoms with Crippen LogP contribution in [0.25, 0.3) is 0 Å². The number of aliphatic carboxylic acids is 1. The van der Waals surface area contributed by atoms with Gasteiger partial charge in [-0.1, -0.05) is 12.1 Å². The number of anilines is 1. The van der Waals surface area contributed by atoms with Crippen LogP contribution in [0.15, 0.2) is 30.3 Å². The molecular formula is C26H32F3N3O4. The fourth-order valence-corrected chi connectivity index (χ4v) is 4.89. The Morgan fingerprint density at radius 3 is 2.86 bits per heavy atom. The number of methoxy groups -OCH3 is 1. The first-order chi connectivity index (χ1) is 17.3. The van der Waals surface area contributed by atoms with Crippen LogP contribution in [0.5, 0.6) is 5.75 Å². The van der Waals surface area contributed by atoms with Crippen LogP contribution in [0.3, 0.4) is 0 Å². The van der Waals surface area contributed by atoms with Gasteiger partial charge in [0.05, 0.1) is 18.8 Å². The molecular weight excluding hydrogens is 475 g/mol. The van der Waals surface area contributed by atoms with Crippen LogP contribution >= 0.6 is 0 Å². The molecule has 0 saturated carbocycles. The molecule has 2 aliphatic rings. The highest BCUT2D eigenvalue weighted by Gasteiger charge is 2.37. The molecule has 2 atom stereocenters. The monoisotopic (exact) mass is 507 g/mol. The van der Waals surface area contributed by atoms with E-state index in [4.69, 9.17) is 14.5 Å². The molecule has 10 heteroatoms. The van der Waals surface area contributed by atoms with Gasteiger partial charge in [-0.25, -0.2) is 4.98 Å². The number of benzene rings is 1. The van der Waals surface area contributed by atoms with Crippen LogP contribution < -0.4 is 10.1 Å². The summed E-state index contributed by atoms with van der Waals surface area (Å²) in [7, 11) is 1.24. The molecule has 196 valence electrons. The Morgan fingerprint density at radius 1 is 1.28 bits per heavy atom. The van der Waals surface area contributed by atoms with E-state index in [9.17, 15) is 23.1 Å². The van der Waals surface area contributed by atoms with Gasteiger partial charge in [0.25, 0.3) is 0 Å². The Bertz CT molecular complexity index is 1060. The van der Waals surface area contributed by atoms with Gasteiger partial charge in [0.1, 0.15) is 17.6 Å². The number of aromatic nitrogens is 1. The van der Waals surface area contributed by atoms with Gasteiger partial charge in [-0.15, -0.1) is 0 Å². The quantitative estimate of drug-likeness (QED) is 0.451. The van der Waals surface area contributed by atoms with Crippen LogP contribution in [0.1, 0.15) is 54.1 Å². The number of fused-ring (bicyclic) bond motifs is 1. The number of aryl methyl sites for hydroxylation is 2. The predicted molar refractivity (Wildman–Crippen MR) is 128 cm³/mol. The Morgan fingerprint density at radius 2 is 2.11 bits per heavy atom. The molecule has 1 fully saturated rings. The fourth-order valence-electron chi connectivity index (χ4n) is 4.89. The topological polar surface area (TPSA) is 83.9 Å². The number of rotatable bonds is 10. The molecule has 0 amide bonds. The number of unbranched alkanes of at least 4 members (excludes halogenated alkanes) is 1. The molecule has 36 heavy (non-hydrogen) atoms. The van der Waals surface area contributed by atoms with Crippen molar-refractivity contribution in [2.45, 2.75) is 56.8 Å². The van der Waals surface area contributed by atoms with Crippen molar-refractivity contribution in [1.29, 1.82) is 0 Å². The summed E-state index contributed by atoms with van der Waals surface area (Å²) in [5.74, 6) is -0.230. The first-order valence-electron chi connectivity index (χ1n) is 12.3. The molecule has 4 rings (SSSR count). The number of halogens is 3. The van der Waals surface area contributed by atoms with E-state index in [0.29, 0.717) is 26.1 Å². The molecule has 1 saturated heterocycles. The third kappa shape index (κ3) is 6.28. The molecule has 0 unspecified atom stereocenters. The average molecular weight is 508 g/mol. The lowest BCUT2D eigenvalue weighted by molar-refractivity contribution is -0.143. The second-order valence-corrected chi connectivity index (χ2v) is 9.27. The van der Waals surface area contributed by atoms with E-state index in [-0.39, 0.29) is 17.4 Å². The second kappa shape index (κ2) is 11.5. The molecule has 3 heterocycles. The molecule has 2 aromatic rings. The minimum atomic E-state index is -4.54. The summed E-state index contributed by atoms with van der Waals surface area (Å²) >= 11 is 0. The number of nitrogens with one attached hydrogen (secondary N) is 1. The van der Waals surface area contributed by atoms with E-state index in [2.05, 4.69) is 17.4 Å². The SMILES string of the molecule is COc1cc(C(F)(F)F)ccc1[C@H](C(=O)O)N1CC[C@@H](OCCCCc2ccc3c(n2)NCCC3)C1. The maximum atomic E-state index is 13.1. The molecule has 0 spiro atoms. The van der Waals surface area contributed by atoms with Crippen molar-refractivity contribution < 1.29 is 32.5 Å². The zero-order chi connectivity index (χ0) is 25.7. The number of likely N-dealkylation sites (tertiary alicyclic amines) is 1. The van der Waals surface area contributed by atoms with Gasteiger partial charge in [0.15, 0.2) is 0 Å². The number of carbonyl (C=O) groups is 1. The lowest BCUT2D eigenvalue weighted by atomic mass is 10.0. The molecule has 7 nitrogen and oxygen atoms in total. The summed E-state index contributed by atoms with van der Waals surface area (Å²) in [6.07, 6.45) is 0.850. The lowest BCUT2D eigenvalue weighted by Gasteiger charge is -2.26. The Labute approximate surface area is 208 Å². The van der Waals surface area contributed by atoms with Crippen LogP contribution in [-0.2, 0) is 28.5 Å². The van der Waals surface area contributed by atoms with Crippen molar-refractivity contribution in [3.8, 4) is 5.75 Å². The minimum Gasteiger partial charge on any atom is -0.496 e.